The summed E-state index contributed by atoms with van der Waals surface area (Å²) < 4.78 is 21.8. The van der Waals surface area contributed by atoms with Gasteiger partial charge in [-0.2, -0.15) is 0 Å². The monoisotopic (exact) mass is 270 g/mol. The maximum absolute atomic E-state index is 12.4. The molecule has 0 unspecified atom stereocenters. The molecule has 1 aliphatic carbocycles. The Morgan fingerprint density at radius 2 is 2.05 bits per heavy atom. The van der Waals surface area contributed by atoms with Crippen LogP contribution in [-0.4, -0.2) is 44.2 Å². The molecule has 3 aliphatic rings. The summed E-state index contributed by atoms with van der Waals surface area (Å²) in [5.74, 6) is -2.68. The Morgan fingerprint density at radius 3 is 2.63 bits per heavy atom. The first-order chi connectivity index (χ1) is 8.85. The van der Waals surface area contributed by atoms with Crippen LogP contribution in [0.15, 0.2) is 0 Å². The average Bonchev–Trinajstić information content (AvgIpc) is 2.50. The van der Waals surface area contributed by atoms with Crippen LogP contribution in [0.3, 0.4) is 0 Å². The Hall–Kier alpha value is -0.980. The molecule has 6 nitrogen and oxygen atoms in total. The molecule has 0 N–H and O–H groups in total. The standard InChI is InChI=1S/C13H18O6/c1-11(2)9-5-7-8(14)6-18-13(17-4,19-11)12(7,9)10(15)16-3/h7,9H,5-6H2,1-4H3/t7-,9+,12+,13+/m1/s1. The number of esters is 1. The fourth-order valence-electron chi connectivity index (χ4n) is 4.10. The summed E-state index contributed by atoms with van der Waals surface area (Å²) in [7, 11) is 2.73. The minimum Gasteiger partial charge on any atom is -0.468 e. The maximum atomic E-state index is 12.4. The van der Waals surface area contributed by atoms with E-state index < -0.39 is 28.9 Å². The fourth-order valence-corrected chi connectivity index (χ4v) is 4.10. The fraction of sp³-hybridized carbons (Fsp3) is 0.846. The second-order valence-corrected chi connectivity index (χ2v) is 5.92. The Kier molecular flexibility index (Phi) is 2.44. The lowest BCUT2D eigenvalue weighted by Crippen LogP contribution is -2.71. The van der Waals surface area contributed by atoms with E-state index in [9.17, 15) is 9.59 Å². The van der Waals surface area contributed by atoms with E-state index in [1.54, 1.807) is 0 Å². The Bertz CT molecular complexity index is 458. The lowest BCUT2D eigenvalue weighted by molar-refractivity contribution is -0.417. The summed E-state index contributed by atoms with van der Waals surface area (Å²) in [4.78, 5) is 24.4. The lowest BCUT2D eigenvalue weighted by Gasteiger charge is -2.56. The normalized spacial score (nSPS) is 46.4. The smallest absolute Gasteiger partial charge is 0.321 e. The summed E-state index contributed by atoms with van der Waals surface area (Å²) in [6.07, 6.45) is 0.607. The van der Waals surface area contributed by atoms with Crippen LogP contribution in [0.4, 0.5) is 0 Å². The van der Waals surface area contributed by atoms with Crippen LogP contribution in [0.1, 0.15) is 20.3 Å². The van der Waals surface area contributed by atoms with E-state index in [1.807, 2.05) is 13.8 Å². The van der Waals surface area contributed by atoms with E-state index in [2.05, 4.69) is 0 Å². The maximum Gasteiger partial charge on any atom is 0.321 e. The first kappa shape index (κ1) is 13.0. The van der Waals surface area contributed by atoms with Gasteiger partial charge in [0.15, 0.2) is 11.2 Å². The molecule has 4 atom stereocenters. The average molecular weight is 270 g/mol. The number of Topliss-reactive ketones (excluding diaryl/α,β-unsaturated/α-hetero) is 1. The highest BCUT2D eigenvalue weighted by molar-refractivity contribution is 5.94. The Balaban J connectivity index is 2.18. The minimum absolute atomic E-state index is 0.0874. The predicted octanol–water partition coefficient (Wildman–Crippen LogP) is 0.490. The first-order valence-electron chi connectivity index (χ1n) is 6.36. The van der Waals surface area contributed by atoms with Gasteiger partial charge in [0.25, 0.3) is 0 Å². The highest BCUT2D eigenvalue weighted by atomic mass is 16.9. The third kappa shape index (κ3) is 1.18. The van der Waals surface area contributed by atoms with E-state index in [0.29, 0.717) is 6.42 Å². The molecule has 0 aromatic heterocycles. The molecule has 2 heterocycles. The molecule has 0 aromatic carbocycles. The molecule has 0 radical (unpaired) electrons. The molecule has 3 rings (SSSR count). The van der Waals surface area contributed by atoms with Gasteiger partial charge in [0, 0.05) is 18.9 Å². The molecule has 1 saturated carbocycles. The summed E-state index contributed by atoms with van der Waals surface area (Å²) >= 11 is 0. The number of ether oxygens (including phenoxy) is 4. The number of hydrogen-bond acceptors (Lipinski definition) is 6. The van der Waals surface area contributed by atoms with Crippen molar-refractivity contribution in [2.75, 3.05) is 20.8 Å². The number of carbonyl (C=O) groups excluding carboxylic acids is 2. The molecule has 0 spiro atoms. The topological polar surface area (TPSA) is 71.1 Å². The third-order valence-corrected chi connectivity index (χ3v) is 4.90. The van der Waals surface area contributed by atoms with Crippen molar-refractivity contribution >= 4 is 11.8 Å². The molecule has 0 bridgehead atoms. The summed E-state index contributed by atoms with van der Waals surface area (Å²) in [6.45, 7) is 3.66. The lowest BCUT2D eigenvalue weighted by atomic mass is 9.47. The zero-order chi connectivity index (χ0) is 14.1. The molecule has 0 amide bonds. The minimum atomic E-state index is -1.51. The highest BCUT2D eigenvalue weighted by Crippen LogP contribution is 2.71. The van der Waals surface area contributed by atoms with Gasteiger partial charge in [0.2, 0.25) is 0 Å². The second-order valence-electron chi connectivity index (χ2n) is 5.92. The SMILES string of the molecule is COC(=O)[C@]12[C@@H]3C[C@H]1C(C)(C)O[C@@]2(OC)OCC3=O. The van der Waals surface area contributed by atoms with Crippen LogP contribution in [0.25, 0.3) is 0 Å². The Labute approximate surface area is 111 Å². The zero-order valence-corrected chi connectivity index (χ0v) is 11.5. The quantitative estimate of drug-likeness (QED) is 0.680. The zero-order valence-electron chi connectivity index (χ0n) is 11.5. The van der Waals surface area contributed by atoms with Gasteiger partial charge in [-0.3, -0.25) is 9.59 Å². The largest absolute Gasteiger partial charge is 0.468 e. The Morgan fingerprint density at radius 1 is 1.37 bits per heavy atom. The number of rotatable bonds is 2. The molecule has 106 valence electrons. The van der Waals surface area contributed by atoms with Crippen molar-refractivity contribution in [3.8, 4) is 0 Å². The van der Waals surface area contributed by atoms with Gasteiger partial charge in [0.1, 0.15) is 6.61 Å². The van der Waals surface area contributed by atoms with Crippen molar-refractivity contribution in [1.29, 1.82) is 0 Å². The first-order valence-corrected chi connectivity index (χ1v) is 6.36. The van der Waals surface area contributed by atoms with E-state index in [-0.39, 0.29) is 18.3 Å². The van der Waals surface area contributed by atoms with E-state index >= 15 is 0 Å². The van der Waals surface area contributed by atoms with Gasteiger partial charge in [0.05, 0.1) is 12.7 Å². The molecule has 0 aromatic rings. The van der Waals surface area contributed by atoms with Crippen molar-refractivity contribution in [3.63, 3.8) is 0 Å². The third-order valence-electron chi connectivity index (χ3n) is 4.90. The molecular weight excluding hydrogens is 252 g/mol. The van der Waals surface area contributed by atoms with Gasteiger partial charge in [-0.15, -0.1) is 0 Å². The van der Waals surface area contributed by atoms with Crippen molar-refractivity contribution in [2.24, 2.45) is 17.3 Å². The summed E-state index contributed by atoms with van der Waals surface area (Å²) in [6, 6.07) is 0. The van der Waals surface area contributed by atoms with Crippen LogP contribution in [0.5, 0.6) is 0 Å². The van der Waals surface area contributed by atoms with Crippen molar-refractivity contribution in [1.82, 2.24) is 0 Å². The van der Waals surface area contributed by atoms with Gasteiger partial charge < -0.3 is 18.9 Å². The van der Waals surface area contributed by atoms with Gasteiger partial charge in [-0.25, -0.2) is 0 Å². The molecule has 2 aliphatic heterocycles. The van der Waals surface area contributed by atoms with E-state index in [0.717, 1.165) is 0 Å². The number of hydrogen-bond donors (Lipinski definition) is 0. The number of methoxy groups -OCH3 is 2. The number of ketones is 1. The van der Waals surface area contributed by atoms with Crippen molar-refractivity contribution in [2.45, 2.75) is 31.8 Å². The summed E-state index contributed by atoms with van der Waals surface area (Å²) in [5.41, 5.74) is -1.78. The van der Waals surface area contributed by atoms with Gasteiger partial charge >= 0.3 is 11.9 Å². The van der Waals surface area contributed by atoms with Crippen LogP contribution >= 0.6 is 0 Å². The van der Waals surface area contributed by atoms with Crippen LogP contribution in [-0.2, 0) is 28.5 Å². The van der Waals surface area contributed by atoms with Gasteiger partial charge in [-0.05, 0) is 20.3 Å². The van der Waals surface area contributed by atoms with Crippen molar-refractivity contribution < 1.29 is 28.5 Å². The van der Waals surface area contributed by atoms with Crippen molar-refractivity contribution in [3.05, 3.63) is 0 Å². The second kappa shape index (κ2) is 3.56. The van der Waals surface area contributed by atoms with E-state index in [4.69, 9.17) is 18.9 Å². The van der Waals surface area contributed by atoms with E-state index in [1.165, 1.54) is 14.2 Å². The molecule has 19 heavy (non-hydrogen) atoms. The molecule has 6 heteroatoms. The molecule has 3 fully saturated rings. The van der Waals surface area contributed by atoms with Crippen LogP contribution in [0.2, 0.25) is 0 Å². The van der Waals surface area contributed by atoms with Crippen LogP contribution < -0.4 is 0 Å². The predicted molar refractivity (Wildman–Crippen MR) is 61.9 cm³/mol. The van der Waals surface area contributed by atoms with Gasteiger partial charge in [-0.1, -0.05) is 0 Å². The number of carbonyl (C=O) groups is 2. The van der Waals surface area contributed by atoms with Crippen LogP contribution in [0, 0.1) is 17.3 Å². The molecular formula is C13H18O6. The molecule has 2 saturated heterocycles. The summed E-state index contributed by atoms with van der Waals surface area (Å²) in [5, 5.41) is 0. The highest BCUT2D eigenvalue weighted by Gasteiger charge is 2.85.